The van der Waals surface area contributed by atoms with Crippen molar-refractivity contribution in [2.45, 2.75) is 13.8 Å². The summed E-state index contributed by atoms with van der Waals surface area (Å²) in [6.45, 7) is 3.77. The van der Waals surface area contributed by atoms with Crippen LogP contribution in [0.2, 0.25) is 0 Å². The zero-order valence-corrected chi connectivity index (χ0v) is 12.3. The highest BCUT2D eigenvalue weighted by atomic mass is 32.1. The Balaban J connectivity index is 2.20. The third-order valence-corrected chi connectivity index (χ3v) is 3.46. The van der Waals surface area contributed by atoms with Crippen LogP contribution in [0, 0.1) is 17.0 Å². The standard InChI is InChI=1S/C13H13N3O4S/c1-3-20-12(17)11-8(2)21-13(15-11)14-9-5-4-6-10(7-9)16(18)19/h4-7H,3H2,1-2H3,(H,14,15). The summed E-state index contributed by atoms with van der Waals surface area (Å²) in [5.41, 5.74) is 0.780. The van der Waals surface area contributed by atoms with E-state index in [0.29, 0.717) is 10.8 Å². The summed E-state index contributed by atoms with van der Waals surface area (Å²) in [5, 5.41) is 14.2. The minimum Gasteiger partial charge on any atom is -0.461 e. The van der Waals surface area contributed by atoms with Crippen molar-refractivity contribution in [1.82, 2.24) is 4.98 Å². The molecule has 1 N–H and O–H groups in total. The van der Waals surface area contributed by atoms with E-state index in [-0.39, 0.29) is 18.0 Å². The maximum Gasteiger partial charge on any atom is 0.358 e. The highest BCUT2D eigenvalue weighted by Gasteiger charge is 2.16. The zero-order valence-electron chi connectivity index (χ0n) is 11.5. The molecule has 2 aromatic rings. The Kier molecular flexibility index (Phi) is 4.49. The average molecular weight is 307 g/mol. The van der Waals surface area contributed by atoms with E-state index in [1.807, 2.05) is 0 Å². The Morgan fingerprint density at radius 3 is 2.95 bits per heavy atom. The second kappa shape index (κ2) is 6.31. The van der Waals surface area contributed by atoms with Crippen molar-refractivity contribution in [2.24, 2.45) is 0 Å². The van der Waals surface area contributed by atoms with Gasteiger partial charge < -0.3 is 10.1 Å². The van der Waals surface area contributed by atoms with Crippen molar-refractivity contribution in [1.29, 1.82) is 0 Å². The monoisotopic (exact) mass is 307 g/mol. The summed E-state index contributed by atoms with van der Waals surface area (Å²) < 4.78 is 4.91. The molecule has 0 bridgehead atoms. The second-order valence-corrected chi connectivity index (χ2v) is 5.28. The van der Waals surface area contributed by atoms with Crippen LogP contribution in [0.5, 0.6) is 0 Å². The van der Waals surface area contributed by atoms with E-state index in [1.165, 1.54) is 23.5 Å². The highest BCUT2D eigenvalue weighted by molar-refractivity contribution is 7.15. The van der Waals surface area contributed by atoms with Crippen molar-refractivity contribution in [3.8, 4) is 0 Å². The summed E-state index contributed by atoms with van der Waals surface area (Å²) in [7, 11) is 0. The molecule has 0 unspecified atom stereocenters. The number of hydrogen-bond acceptors (Lipinski definition) is 7. The van der Waals surface area contributed by atoms with E-state index in [4.69, 9.17) is 4.74 Å². The number of hydrogen-bond donors (Lipinski definition) is 1. The van der Waals surface area contributed by atoms with Crippen LogP contribution >= 0.6 is 11.3 Å². The molecule has 0 spiro atoms. The molecule has 7 nitrogen and oxygen atoms in total. The smallest absolute Gasteiger partial charge is 0.358 e. The van der Waals surface area contributed by atoms with Crippen LogP contribution in [0.3, 0.4) is 0 Å². The molecule has 0 saturated heterocycles. The van der Waals surface area contributed by atoms with Gasteiger partial charge in [-0.3, -0.25) is 10.1 Å². The molecule has 0 amide bonds. The van der Waals surface area contributed by atoms with Gasteiger partial charge in [0.2, 0.25) is 0 Å². The van der Waals surface area contributed by atoms with Gasteiger partial charge in [0.05, 0.1) is 11.5 Å². The number of nitrogens with one attached hydrogen (secondary N) is 1. The minimum atomic E-state index is -0.474. The zero-order chi connectivity index (χ0) is 15.4. The molecule has 2 rings (SSSR count). The first-order valence-electron chi connectivity index (χ1n) is 6.17. The number of carbonyl (C=O) groups is 1. The van der Waals surface area contributed by atoms with Crippen LogP contribution in [0.4, 0.5) is 16.5 Å². The minimum absolute atomic E-state index is 0.0149. The molecule has 8 heteroatoms. The van der Waals surface area contributed by atoms with Crippen LogP contribution in [0.25, 0.3) is 0 Å². The first-order chi connectivity index (χ1) is 10.0. The largest absolute Gasteiger partial charge is 0.461 e. The van der Waals surface area contributed by atoms with Gasteiger partial charge in [0.1, 0.15) is 0 Å². The van der Waals surface area contributed by atoms with Crippen molar-refractivity contribution >= 4 is 33.8 Å². The molecule has 0 aliphatic heterocycles. The predicted molar refractivity (Wildman–Crippen MR) is 79.2 cm³/mol. The van der Waals surface area contributed by atoms with Crippen molar-refractivity contribution < 1.29 is 14.5 Å². The average Bonchev–Trinajstić information content (AvgIpc) is 2.80. The van der Waals surface area contributed by atoms with Gasteiger partial charge in [-0.25, -0.2) is 9.78 Å². The molecule has 1 aromatic heterocycles. The second-order valence-electron chi connectivity index (χ2n) is 4.08. The summed E-state index contributed by atoms with van der Waals surface area (Å²) in [4.78, 5) is 26.8. The SMILES string of the molecule is CCOC(=O)c1nc(Nc2cccc([N+](=O)[O-])c2)sc1C. The summed E-state index contributed by atoms with van der Waals surface area (Å²) >= 11 is 1.28. The number of aryl methyl sites for hydroxylation is 1. The number of thiazole rings is 1. The quantitative estimate of drug-likeness (QED) is 0.517. The number of ether oxygens (including phenoxy) is 1. The van der Waals surface area contributed by atoms with Crippen LogP contribution in [-0.2, 0) is 4.74 Å². The lowest BCUT2D eigenvalue weighted by Gasteiger charge is -2.01. The molecule has 0 aliphatic rings. The van der Waals surface area contributed by atoms with E-state index in [9.17, 15) is 14.9 Å². The van der Waals surface area contributed by atoms with Crippen LogP contribution in [-0.4, -0.2) is 22.5 Å². The molecule has 0 fully saturated rings. The van der Waals surface area contributed by atoms with Gasteiger partial charge in [-0.1, -0.05) is 6.07 Å². The lowest BCUT2D eigenvalue weighted by atomic mass is 10.3. The van der Waals surface area contributed by atoms with Crippen LogP contribution in [0.15, 0.2) is 24.3 Å². The van der Waals surface area contributed by atoms with E-state index in [1.54, 1.807) is 26.0 Å². The normalized spacial score (nSPS) is 10.2. The van der Waals surface area contributed by atoms with Crippen LogP contribution < -0.4 is 5.32 Å². The Morgan fingerprint density at radius 2 is 2.29 bits per heavy atom. The molecule has 110 valence electrons. The number of benzene rings is 1. The Morgan fingerprint density at radius 1 is 1.52 bits per heavy atom. The number of aromatic nitrogens is 1. The topological polar surface area (TPSA) is 94.4 Å². The number of esters is 1. The van der Waals surface area contributed by atoms with Gasteiger partial charge in [0.25, 0.3) is 5.69 Å². The number of nitro groups is 1. The Bertz CT molecular complexity index is 684. The summed E-state index contributed by atoms with van der Waals surface area (Å²) in [5.74, 6) is -0.474. The van der Waals surface area contributed by atoms with Gasteiger partial charge in [0.15, 0.2) is 10.8 Å². The van der Waals surface area contributed by atoms with E-state index in [0.717, 1.165) is 4.88 Å². The number of carbonyl (C=O) groups excluding carboxylic acids is 1. The van der Waals surface area contributed by atoms with Crippen LogP contribution in [0.1, 0.15) is 22.3 Å². The fraction of sp³-hybridized carbons (Fsp3) is 0.231. The van der Waals surface area contributed by atoms with E-state index >= 15 is 0 Å². The molecule has 0 aliphatic carbocycles. The van der Waals surface area contributed by atoms with E-state index in [2.05, 4.69) is 10.3 Å². The summed E-state index contributed by atoms with van der Waals surface area (Å²) in [6, 6.07) is 6.07. The molecule has 0 radical (unpaired) electrons. The summed E-state index contributed by atoms with van der Waals surface area (Å²) in [6.07, 6.45) is 0. The molecule has 1 heterocycles. The van der Waals surface area contributed by atoms with Crippen molar-refractivity contribution in [3.05, 3.63) is 45.0 Å². The fourth-order valence-corrected chi connectivity index (χ4v) is 2.48. The number of nitro benzene ring substituents is 1. The molecule has 0 atom stereocenters. The number of rotatable bonds is 5. The highest BCUT2D eigenvalue weighted by Crippen LogP contribution is 2.27. The first-order valence-corrected chi connectivity index (χ1v) is 6.99. The van der Waals surface area contributed by atoms with Crippen molar-refractivity contribution in [2.75, 3.05) is 11.9 Å². The lowest BCUT2D eigenvalue weighted by molar-refractivity contribution is -0.384. The maximum absolute atomic E-state index is 11.7. The molecular formula is C13H13N3O4S. The van der Waals surface area contributed by atoms with Gasteiger partial charge >= 0.3 is 5.97 Å². The number of non-ortho nitro benzene ring substituents is 1. The predicted octanol–water partition coefficient (Wildman–Crippen LogP) is 3.28. The van der Waals surface area contributed by atoms with E-state index < -0.39 is 10.9 Å². The third-order valence-electron chi connectivity index (χ3n) is 2.57. The molecular weight excluding hydrogens is 294 g/mol. The number of anilines is 2. The van der Waals surface area contributed by atoms with Gasteiger partial charge in [-0.2, -0.15) is 0 Å². The fourth-order valence-electron chi connectivity index (χ4n) is 1.66. The molecule has 0 saturated carbocycles. The molecule has 21 heavy (non-hydrogen) atoms. The van der Waals surface area contributed by atoms with Gasteiger partial charge in [-0.15, -0.1) is 11.3 Å². The Hall–Kier alpha value is -2.48. The maximum atomic E-state index is 11.7. The lowest BCUT2D eigenvalue weighted by Crippen LogP contribution is -2.06. The molecule has 1 aromatic carbocycles. The van der Waals surface area contributed by atoms with Gasteiger partial charge in [-0.05, 0) is 19.9 Å². The number of nitrogens with zero attached hydrogens (tertiary/aromatic N) is 2. The van der Waals surface area contributed by atoms with Crippen molar-refractivity contribution in [3.63, 3.8) is 0 Å². The third kappa shape index (κ3) is 3.54. The first kappa shape index (κ1) is 14.9. The Labute approximate surface area is 124 Å². The van der Waals surface area contributed by atoms with Gasteiger partial charge in [0, 0.05) is 22.7 Å².